The molecule has 1 atom stereocenters. The van der Waals surface area contributed by atoms with Crippen molar-refractivity contribution in [1.82, 2.24) is 10.2 Å². The number of rotatable bonds is 8. The van der Waals surface area contributed by atoms with E-state index in [9.17, 15) is 9.59 Å². The zero-order valence-electron chi connectivity index (χ0n) is 18.0. The molecule has 0 aromatic heterocycles. The molecule has 0 bridgehead atoms. The van der Waals surface area contributed by atoms with Gasteiger partial charge in [-0.2, -0.15) is 0 Å². The van der Waals surface area contributed by atoms with E-state index in [1.165, 1.54) is 0 Å². The minimum atomic E-state index is -0.614. The topological polar surface area (TPSA) is 58.6 Å². The Morgan fingerprint density at radius 3 is 2.48 bits per heavy atom. The molecule has 5 nitrogen and oxygen atoms in total. The van der Waals surface area contributed by atoms with Crippen LogP contribution in [-0.4, -0.2) is 35.9 Å². The number of nitrogens with zero attached hydrogens (tertiary/aromatic N) is 1. The van der Waals surface area contributed by atoms with Crippen molar-refractivity contribution in [3.05, 3.63) is 76.3 Å². The number of ether oxygens (including phenoxy) is 1. The number of hydrogen-bond acceptors (Lipinski definition) is 3. The lowest BCUT2D eigenvalue weighted by Crippen LogP contribution is -2.49. The fourth-order valence-electron chi connectivity index (χ4n) is 3.34. The minimum Gasteiger partial charge on any atom is -0.483 e. The van der Waals surface area contributed by atoms with Gasteiger partial charge in [0.2, 0.25) is 5.91 Å². The Morgan fingerprint density at radius 1 is 1.06 bits per heavy atom. The standard InChI is InChI=1S/C25H27BrN2O3/c1-4-27-25(30)18(3)28(15-19-11-9-17(2)10-12-19)23(29)16-31-22-14-13-20-7-5-6-8-21(20)24(22)26/h5-14,18H,4,15-16H2,1-3H3,(H,27,30). The maximum atomic E-state index is 13.1. The van der Waals surface area contributed by atoms with Gasteiger partial charge in [0.25, 0.3) is 5.91 Å². The first-order chi connectivity index (χ1) is 14.9. The van der Waals surface area contributed by atoms with E-state index in [2.05, 4.69) is 21.2 Å². The molecule has 0 heterocycles. The third-order valence-corrected chi connectivity index (χ3v) is 5.99. The summed E-state index contributed by atoms with van der Waals surface area (Å²) < 4.78 is 6.67. The van der Waals surface area contributed by atoms with Crippen LogP contribution in [0.2, 0.25) is 0 Å². The van der Waals surface area contributed by atoms with E-state index in [1.807, 2.05) is 74.5 Å². The van der Waals surface area contributed by atoms with Crippen molar-refractivity contribution < 1.29 is 14.3 Å². The van der Waals surface area contributed by atoms with Crippen LogP contribution in [-0.2, 0) is 16.1 Å². The lowest BCUT2D eigenvalue weighted by molar-refractivity contribution is -0.142. The van der Waals surface area contributed by atoms with Crippen LogP contribution < -0.4 is 10.1 Å². The summed E-state index contributed by atoms with van der Waals surface area (Å²) in [6, 6.07) is 19.1. The van der Waals surface area contributed by atoms with E-state index < -0.39 is 6.04 Å². The van der Waals surface area contributed by atoms with Gasteiger partial charge in [-0.05, 0) is 59.1 Å². The van der Waals surface area contributed by atoms with Crippen LogP contribution in [0.1, 0.15) is 25.0 Å². The third kappa shape index (κ3) is 5.64. The van der Waals surface area contributed by atoms with Gasteiger partial charge in [0.15, 0.2) is 6.61 Å². The fraction of sp³-hybridized carbons (Fsp3) is 0.280. The number of carbonyl (C=O) groups is 2. The van der Waals surface area contributed by atoms with Crippen LogP contribution in [0.25, 0.3) is 10.8 Å². The van der Waals surface area contributed by atoms with Gasteiger partial charge in [-0.1, -0.05) is 60.2 Å². The average molecular weight is 483 g/mol. The molecular weight excluding hydrogens is 456 g/mol. The molecule has 162 valence electrons. The molecule has 3 rings (SSSR count). The van der Waals surface area contributed by atoms with Gasteiger partial charge in [0, 0.05) is 13.1 Å². The first kappa shape index (κ1) is 22.8. The van der Waals surface area contributed by atoms with Crippen molar-refractivity contribution in [2.75, 3.05) is 13.2 Å². The SMILES string of the molecule is CCNC(=O)C(C)N(Cc1ccc(C)cc1)C(=O)COc1ccc2ccccc2c1Br. The largest absolute Gasteiger partial charge is 0.483 e. The number of likely N-dealkylation sites (N-methyl/N-ethyl adjacent to an activating group) is 1. The van der Waals surface area contributed by atoms with Gasteiger partial charge < -0.3 is 15.0 Å². The third-order valence-electron chi connectivity index (χ3n) is 5.17. The Kier molecular flexibility index (Phi) is 7.69. The zero-order valence-corrected chi connectivity index (χ0v) is 19.6. The second-order valence-electron chi connectivity index (χ2n) is 7.47. The van der Waals surface area contributed by atoms with Crippen molar-refractivity contribution in [2.45, 2.75) is 33.4 Å². The van der Waals surface area contributed by atoms with Crippen molar-refractivity contribution in [3.8, 4) is 5.75 Å². The molecule has 3 aromatic rings. The summed E-state index contributed by atoms with van der Waals surface area (Å²) >= 11 is 3.59. The van der Waals surface area contributed by atoms with Crippen LogP contribution in [0.15, 0.2) is 65.1 Å². The van der Waals surface area contributed by atoms with Crippen molar-refractivity contribution >= 4 is 38.5 Å². The van der Waals surface area contributed by atoms with Crippen molar-refractivity contribution in [3.63, 3.8) is 0 Å². The highest BCUT2D eigenvalue weighted by molar-refractivity contribution is 9.10. The zero-order chi connectivity index (χ0) is 22.4. The summed E-state index contributed by atoms with van der Waals surface area (Å²) in [7, 11) is 0. The van der Waals surface area contributed by atoms with Gasteiger partial charge in [0.05, 0.1) is 4.47 Å². The summed E-state index contributed by atoms with van der Waals surface area (Å²) in [6.07, 6.45) is 0. The average Bonchev–Trinajstić information content (AvgIpc) is 2.78. The summed E-state index contributed by atoms with van der Waals surface area (Å²) in [6.45, 7) is 6.29. The van der Waals surface area contributed by atoms with Crippen LogP contribution >= 0.6 is 15.9 Å². The molecule has 0 spiro atoms. The first-order valence-electron chi connectivity index (χ1n) is 10.3. The van der Waals surface area contributed by atoms with Gasteiger partial charge in [-0.25, -0.2) is 0 Å². The molecule has 0 aliphatic rings. The number of carbonyl (C=O) groups excluding carboxylic acids is 2. The Labute approximate surface area is 191 Å². The molecule has 0 saturated carbocycles. The number of aryl methyl sites for hydroxylation is 1. The molecule has 1 N–H and O–H groups in total. The molecule has 0 radical (unpaired) electrons. The molecule has 0 fully saturated rings. The Bertz CT molecular complexity index is 1070. The summed E-state index contributed by atoms with van der Waals surface area (Å²) in [5.74, 6) is 0.155. The first-order valence-corrected chi connectivity index (χ1v) is 11.1. The summed E-state index contributed by atoms with van der Waals surface area (Å²) in [4.78, 5) is 27.1. The predicted molar refractivity (Wildman–Crippen MR) is 127 cm³/mol. The van der Waals surface area contributed by atoms with E-state index in [-0.39, 0.29) is 18.4 Å². The number of hydrogen-bond donors (Lipinski definition) is 1. The number of halogens is 1. The molecule has 1 unspecified atom stereocenters. The van der Waals surface area contributed by atoms with Gasteiger partial charge in [-0.3, -0.25) is 9.59 Å². The number of amides is 2. The van der Waals surface area contributed by atoms with Gasteiger partial charge in [-0.15, -0.1) is 0 Å². The normalized spacial score (nSPS) is 11.7. The highest BCUT2D eigenvalue weighted by Gasteiger charge is 2.26. The smallest absolute Gasteiger partial charge is 0.261 e. The van der Waals surface area contributed by atoms with E-state index >= 15 is 0 Å². The fourth-order valence-corrected chi connectivity index (χ4v) is 3.95. The Hall–Kier alpha value is -2.86. The Morgan fingerprint density at radius 2 is 1.77 bits per heavy atom. The van der Waals surface area contributed by atoms with E-state index in [4.69, 9.17) is 4.74 Å². The predicted octanol–water partition coefficient (Wildman–Crippen LogP) is 4.84. The molecule has 2 amide bonds. The molecule has 31 heavy (non-hydrogen) atoms. The highest BCUT2D eigenvalue weighted by atomic mass is 79.9. The minimum absolute atomic E-state index is 0.160. The summed E-state index contributed by atoms with van der Waals surface area (Å²) in [5.41, 5.74) is 2.10. The molecule has 0 aliphatic carbocycles. The monoisotopic (exact) mass is 482 g/mol. The highest BCUT2D eigenvalue weighted by Crippen LogP contribution is 2.33. The lowest BCUT2D eigenvalue weighted by Gasteiger charge is -2.28. The second kappa shape index (κ2) is 10.4. The van der Waals surface area contributed by atoms with E-state index in [1.54, 1.807) is 11.8 Å². The van der Waals surface area contributed by atoms with Crippen molar-refractivity contribution in [2.24, 2.45) is 0 Å². The van der Waals surface area contributed by atoms with Crippen molar-refractivity contribution in [1.29, 1.82) is 0 Å². The van der Waals surface area contributed by atoms with Gasteiger partial charge >= 0.3 is 0 Å². The molecule has 0 aliphatic heterocycles. The number of benzene rings is 3. The van der Waals surface area contributed by atoms with Crippen LogP contribution in [0.5, 0.6) is 5.75 Å². The maximum Gasteiger partial charge on any atom is 0.261 e. The molecular formula is C25H27BrN2O3. The summed E-state index contributed by atoms with van der Waals surface area (Å²) in [5, 5.41) is 4.89. The number of fused-ring (bicyclic) bond motifs is 1. The molecule has 6 heteroatoms. The van der Waals surface area contributed by atoms with E-state index in [0.29, 0.717) is 18.8 Å². The Balaban J connectivity index is 1.78. The quantitative estimate of drug-likeness (QED) is 0.499. The van der Waals surface area contributed by atoms with Crippen LogP contribution in [0, 0.1) is 6.92 Å². The number of nitrogens with one attached hydrogen (secondary N) is 1. The molecule has 0 saturated heterocycles. The molecule has 3 aromatic carbocycles. The van der Waals surface area contributed by atoms with Gasteiger partial charge in [0.1, 0.15) is 11.8 Å². The van der Waals surface area contributed by atoms with Crippen LogP contribution in [0.3, 0.4) is 0 Å². The van der Waals surface area contributed by atoms with Crippen LogP contribution in [0.4, 0.5) is 0 Å². The second-order valence-corrected chi connectivity index (χ2v) is 8.26. The van der Waals surface area contributed by atoms with E-state index in [0.717, 1.165) is 26.4 Å². The maximum absolute atomic E-state index is 13.1. The lowest BCUT2D eigenvalue weighted by atomic mass is 10.1.